The van der Waals surface area contributed by atoms with Crippen LogP contribution in [0.1, 0.15) is 32.6 Å². The van der Waals surface area contributed by atoms with Crippen molar-refractivity contribution in [3.63, 3.8) is 0 Å². The summed E-state index contributed by atoms with van der Waals surface area (Å²) >= 11 is 0. The number of likely N-dealkylation sites (N-methyl/N-ethyl adjacent to an activating group) is 1. The first-order chi connectivity index (χ1) is 7.69. The summed E-state index contributed by atoms with van der Waals surface area (Å²) in [5.41, 5.74) is 0. The number of hydrogen-bond donors (Lipinski definition) is 1. The molecule has 0 spiro atoms. The van der Waals surface area contributed by atoms with Gasteiger partial charge in [-0.25, -0.2) is 0 Å². The lowest BCUT2D eigenvalue weighted by Crippen LogP contribution is -2.42. The molecule has 90 valence electrons. The highest BCUT2D eigenvalue weighted by Crippen LogP contribution is 2.39. The molecule has 2 aliphatic rings. The van der Waals surface area contributed by atoms with Crippen LogP contribution in [0.4, 0.5) is 0 Å². The Labute approximate surface area is 96.4 Å². The monoisotopic (exact) mass is 224 g/mol. The molecule has 3 unspecified atom stereocenters. The van der Waals surface area contributed by atoms with Gasteiger partial charge in [-0.15, -0.1) is 0 Å². The second kappa shape index (κ2) is 4.53. The molecular weight excluding hydrogens is 204 g/mol. The Morgan fingerprint density at radius 2 is 1.88 bits per heavy atom. The Morgan fingerprint density at radius 3 is 2.31 bits per heavy atom. The van der Waals surface area contributed by atoms with Crippen molar-refractivity contribution in [3.05, 3.63) is 0 Å². The maximum Gasteiger partial charge on any atom is 0.233 e. The van der Waals surface area contributed by atoms with Gasteiger partial charge in [0.15, 0.2) is 0 Å². The van der Waals surface area contributed by atoms with Gasteiger partial charge >= 0.3 is 0 Å². The van der Waals surface area contributed by atoms with E-state index in [1.165, 1.54) is 4.90 Å². The highest BCUT2D eigenvalue weighted by molar-refractivity contribution is 6.05. The van der Waals surface area contributed by atoms with Gasteiger partial charge in [-0.1, -0.05) is 13.3 Å². The molecule has 4 nitrogen and oxygen atoms in total. The van der Waals surface area contributed by atoms with Crippen molar-refractivity contribution in [1.82, 2.24) is 10.2 Å². The number of hydrogen-bond acceptors (Lipinski definition) is 3. The molecule has 16 heavy (non-hydrogen) atoms. The average Bonchev–Trinajstić information content (AvgIpc) is 2.84. The molecule has 0 radical (unpaired) electrons. The van der Waals surface area contributed by atoms with Crippen LogP contribution in [0.5, 0.6) is 0 Å². The van der Waals surface area contributed by atoms with Gasteiger partial charge < -0.3 is 5.32 Å². The van der Waals surface area contributed by atoms with Crippen LogP contribution in [0, 0.1) is 11.8 Å². The Kier molecular flexibility index (Phi) is 3.28. The fourth-order valence-corrected chi connectivity index (χ4v) is 2.88. The lowest BCUT2D eigenvalue weighted by molar-refractivity contribution is -0.140. The normalized spacial score (nSPS) is 31.0. The van der Waals surface area contributed by atoms with E-state index >= 15 is 0 Å². The number of fused-ring (bicyclic) bond motifs is 1. The Bertz CT molecular complexity index is 277. The minimum atomic E-state index is 0.00172. The van der Waals surface area contributed by atoms with Gasteiger partial charge in [-0.2, -0.15) is 0 Å². The van der Waals surface area contributed by atoms with Crippen molar-refractivity contribution >= 4 is 11.8 Å². The SMILES string of the molecule is CCC(CN1C(=O)C2CCCC2C1=O)NC. The van der Waals surface area contributed by atoms with Gasteiger partial charge in [0.05, 0.1) is 11.8 Å². The highest BCUT2D eigenvalue weighted by Gasteiger charge is 2.49. The van der Waals surface area contributed by atoms with Gasteiger partial charge in [0, 0.05) is 12.6 Å². The van der Waals surface area contributed by atoms with Crippen molar-refractivity contribution in [1.29, 1.82) is 0 Å². The minimum Gasteiger partial charge on any atom is -0.315 e. The Balaban J connectivity index is 2.06. The molecule has 1 saturated carbocycles. The molecular formula is C12H20N2O2. The number of imide groups is 1. The van der Waals surface area contributed by atoms with Crippen molar-refractivity contribution in [2.45, 2.75) is 38.6 Å². The molecule has 2 amide bonds. The van der Waals surface area contributed by atoms with Gasteiger partial charge in [-0.3, -0.25) is 14.5 Å². The van der Waals surface area contributed by atoms with Crippen LogP contribution in [0.15, 0.2) is 0 Å². The first kappa shape index (κ1) is 11.6. The van der Waals surface area contributed by atoms with Gasteiger partial charge in [0.25, 0.3) is 0 Å². The molecule has 0 aromatic heterocycles. The smallest absolute Gasteiger partial charge is 0.233 e. The number of nitrogens with one attached hydrogen (secondary N) is 1. The molecule has 0 aromatic carbocycles. The molecule has 1 aliphatic heterocycles. The number of rotatable bonds is 4. The maximum absolute atomic E-state index is 12.0. The van der Waals surface area contributed by atoms with E-state index in [4.69, 9.17) is 0 Å². The van der Waals surface area contributed by atoms with Gasteiger partial charge in [0.2, 0.25) is 11.8 Å². The molecule has 3 atom stereocenters. The molecule has 2 fully saturated rings. The lowest BCUT2D eigenvalue weighted by Gasteiger charge is -2.22. The van der Waals surface area contributed by atoms with Crippen LogP contribution in [-0.2, 0) is 9.59 Å². The largest absolute Gasteiger partial charge is 0.315 e. The Morgan fingerprint density at radius 1 is 1.31 bits per heavy atom. The molecule has 1 aliphatic carbocycles. The summed E-state index contributed by atoms with van der Waals surface area (Å²) < 4.78 is 0. The average molecular weight is 224 g/mol. The van der Waals surface area contributed by atoms with Gasteiger partial charge in [0.1, 0.15) is 0 Å². The summed E-state index contributed by atoms with van der Waals surface area (Å²) in [7, 11) is 1.88. The van der Waals surface area contributed by atoms with Crippen molar-refractivity contribution in [3.8, 4) is 0 Å². The highest BCUT2D eigenvalue weighted by atomic mass is 16.2. The van der Waals surface area contributed by atoms with E-state index in [2.05, 4.69) is 12.2 Å². The van der Waals surface area contributed by atoms with Crippen LogP contribution in [0.2, 0.25) is 0 Å². The van der Waals surface area contributed by atoms with Crippen molar-refractivity contribution < 1.29 is 9.59 Å². The number of likely N-dealkylation sites (tertiary alicyclic amines) is 1. The second-order valence-corrected chi connectivity index (χ2v) is 4.82. The summed E-state index contributed by atoms with van der Waals surface area (Å²) in [5.74, 6) is 0.145. The number of nitrogens with zero attached hydrogens (tertiary/aromatic N) is 1. The molecule has 0 aromatic rings. The zero-order valence-corrected chi connectivity index (χ0v) is 10.0. The van der Waals surface area contributed by atoms with E-state index in [1.54, 1.807) is 0 Å². The molecule has 1 saturated heterocycles. The van der Waals surface area contributed by atoms with Crippen LogP contribution in [-0.4, -0.2) is 36.3 Å². The number of amides is 2. The molecule has 4 heteroatoms. The maximum atomic E-state index is 12.0. The van der Waals surface area contributed by atoms with Crippen LogP contribution in [0.25, 0.3) is 0 Å². The van der Waals surface area contributed by atoms with E-state index in [0.29, 0.717) is 6.54 Å². The number of carbonyl (C=O) groups excluding carboxylic acids is 2. The van der Waals surface area contributed by atoms with E-state index in [9.17, 15) is 9.59 Å². The number of carbonyl (C=O) groups is 2. The molecule has 2 rings (SSSR count). The van der Waals surface area contributed by atoms with Crippen molar-refractivity contribution in [2.75, 3.05) is 13.6 Å². The zero-order valence-electron chi connectivity index (χ0n) is 10.0. The summed E-state index contributed by atoms with van der Waals surface area (Å²) in [4.78, 5) is 25.6. The van der Waals surface area contributed by atoms with E-state index < -0.39 is 0 Å². The summed E-state index contributed by atoms with van der Waals surface area (Å²) in [6.45, 7) is 2.60. The predicted molar refractivity (Wildman–Crippen MR) is 60.7 cm³/mol. The summed E-state index contributed by atoms with van der Waals surface area (Å²) in [6, 6.07) is 0.228. The quantitative estimate of drug-likeness (QED) is 0.718. The van der Waals surface area contributed by atoms with Crippen LogP contribution < -0.4 is 5.32 Å². The Hall–Kier alpha value is -0.900. The topological polar surface area (TPSA) is 49.4 Å². The van der Waals surface area contributed by atoms with E-state index in [-0.39, 0.29) is 29.7 Å². The zero-order chi connectivity index (χ0) is 11.7. The van der Waals surface area contributed by atoms with E-state index in [0.717, 1.165) is 25.7 Å². The van der Waals surface area contributed by atoms with Crippen LogP contribution in [0.3, 0.4) is 0 Å². The standard InChI is InChI=1S/C12H20N2O2/c1-3-8(13-2)7-14-11(15)9-5-4-6-10(9)12(14)16/h8-10,13H,3-7H2,1-2H3. The van der Waals surface area contributed by atoms with Gasteiger partial charge in [-0.05, 0) is 26.3 Å². The van der Waals surface area contributed by atoms with Crippen molar-refractivity contribution in [2.24, 2.45) is 11.8 Å². The third kappa shape index (κ3) is 1.75. The fourth-order valence-electron chi connectivity index (χ4n) is 2.88. The third-order valence-electron chi connectivity index (χ3n) is 3.99. The third-order valence-corrected chi connectivity index (χ3v) is 3.99. The first-order valence-electron chi connectivity index (χ1n) is 6.21. The minimum absolute atomic E-state index is 0.00172. The second-order valence-electron chi connectivity index (χ2n) is 4.82. The fraction of sp³-hybridized carbons (Fsp3) is 0.833. The predicted octanol–water partition coefficient (Wildman–Crippen LogP) is 0.770. The molecule has 1 heterocycles. The van der Waals surface area contributed by atoms with E-state index in [1.807, 2.05) is 7.05 Å². The first-order valence-corrected chi connectivity index (χ1v) is 6.21. The summed E-state index contributed by atoms with van der Waals surface area (Å²) in [5, 5.41) is 3.14. The lowest BCUT2D eigenvalue weighted by atomic mass is 10.00. The van der Waals surface area contributed by atoms with Crippen LogP contribution >= 0.6 is 0 Å². The summed E-state index contributed by atoms with van der Waals surface area (Å²) in [6.07, 6.45) is 3.77. The molecule has 1 N–H and O–H groups in total. The molecule has 0 bridgehead atoms.